The van der Waals surface area contributed by atoms with Crippen LogP contribution in [0.5, 0.6) is 0 Å². The zero-order valence-corrected chi connectivity index (χ0v) is 7.83. The minimum absolute atomic E-state index is 1.22. The van der Waals surface area contributed by atoms with Crippen molar-refractivity contribution in [3.8, 4) is 0 Å². The maximum atomic E-state index is 2.26. The second-order valence-corrected chi connectivity index (χ2v) is 3.02. The normalized spacial score (nSPS) is 13.2. The minimum Gasteiger partial charge on any atom is -0.0747 e. The zero-order chi connectivity index (χ0) is 7.98. The summed E-state index contributed by atoms with van der Waals surface area (Å²) in [4.78, 5) is 0. The summed E-state index contributed by atoms with van der Waals surface area (Å²) in [6, 6.07) is 0. The Balaban J connectivity index is 3.68. The molecule has 0 aliphatic rings. The van der Waals surface area contributed by atoms with Crippen LogP contribution in [0.25, 0.3) is 0 Å². The van der Waals surface area contributed by atoms with Gasteiger partial charge in [-0.2, -0.15) is 0 Å². The molecule has 0 radical (unpaired) electrons. The summed E-state index contributed by atoms with van der Waals surface area (Å²) in [7, 11) is 0. The van der Waals surface area contributed by atoms with E-state index in [1.165, 1.54) is 25.7 Å². The Kier molecular flexibility index (Phi) is 5.38. The maximum absolute atomic E-state index is 2.26. The van der Waals surface area contributed by atoms with E-state index in [9.17, 15) is 0 Å². The van der Waals surface area contributed by atoms with Gasteiger partial charge < -0.3 is 0 Å². The van der Waals surface area contributed by atoms with Crippen LogP contribution in [0, 0.1) is 0 Å². The topological polar surface area (TPSA) is 0 Å². The van der Waals surface area contributed by atoms with Gasteiger partial charge in [0.2, 0.25) is 0 Å². The molecule has 0 amide bonds. The molecule has 0 saturated heterocycles. The van der Waals surface area contributed by atoms with Gasteiger partial charge in [0.25, 0.3) is 0 Å². The lowest BCUT2D eigenvalue weighted by Crippen LogP contribution is -1.82. The number of rotatable bonds is 4. The Morgan fingerprint density at radius 2 is 1.60 bits per heavy atom. The molecule has 0 heterocycles. The van der Waals surface area contributed by atoms with Crippen molar-refractivity contribution in [1.82, 2.24) is 0 Å². The van der Waals surface area contributed by atoms with E-state index in [4.69, 9.17) is 0 Å². The van der Waals surface area contributed by atoms with E-state index < -0.39 is 0 Å². The van der Waals surface area contributed by atoms with Gasteiger partial charge in [-0.3, -0.25) is 0 Å². The van der Waals surface area contributed by atoms with Crippen molar-refractivity contribution in [3.05, 3.63) is 11.1 Å². The smallest absolute Gasteiger partial charge is 0.0321 e. The largest absolute Gasteiger partial charge is 0.0747 e. The summed E-state index contributed by atoms with van der Waals surface area (Å²) in [6.07, 6.45) is 5.18. The Bertz CT molecular complexity index is 109. The van der Waals surface area contributed by atoms with Gasteiger partial charge in [-0.1, -0.05) is 31.4 Å². The fraction of sp³-hybridized carbons (Fsp3) is 0.800. The highest BCUT2D eigenvalue weighted by atomic mass is 14.0. The van der Waals surface area contributed by atoms with E-state index in [1.807, 2.05) is 0 Å². The highest BCUT2D eigenvalue weighted by Crippen LogP contribution is 2.13. The van der Waals surface area contributed by atoms with Crippen molar-refractivity contribution in [2.24, 2.45) is 0 Å². The molecule has 0 aromatic heterocycles. The van der Waals surface area contributed by atoms with Gasteiger partial charge in [0.1, 0.15) is 0 Å². The van der Waals surface area contributed by atoms with E-state index in [0.717, 1.165) is 0 Å². The molecule has 0 aliphatic heterocycles. The number of hydrogen-bond donors (Lipinski definition) is 0. The number of unbranched alkanes of at least 4 members (excludes halogenated alkanes) is 1. The average molecular weight is 140 g/mol. The van der Waals surface area contributed by atoms with Crippen LogP contribution in [-0.2, 0) is 0 Å². The van der Waals surface area contributed by atoms with Crippen molar-refractivity contribution in [2.45, 2.75) is 53.4 Å². The first-order valence-corrected chi connectivity index (χ1v) is 4.37. The third-order valence-electron chi connectivity index (χ3n) is 2.16. The zero-order valence-electron chi connectivity index (χ0n) is 7.83. The summed E-state index contributed by atoms with van der Waals surface area (Å²) in [5.41, 5.74) is 3.18. The van der Waals surface area contributed by atoms with Gasteiger partial charge in [-0.15, -0.1) is 0 Å². The Hall–Kier alpha value is -0.260. The van der Waals surface area contributed by atoms with Crippen LogP contribution in [0.15, 0.2) is 11.1 Å². The standard InChI is InChI=1S/C10H20/c1-5-7-8-10(4)9(3)6-2/h5-8H2,1-4H3/b10-9-. The second kappa shape index (κ2) is 5.52. The van der Waals surface area contributed by atoms with Gasteiger partial charge in [0.15, 0.2) is 0 Å². The first kappa shape index (κ1) is 9.74. The molecule has 0 spiro atoms. The quantitative estimate of drug-likeness (QED) is 0.519. The van der Waals surface area contributed by atoms with E-state index in [1.54, 1.807) is 11.1 Å². The van der Waals surface area contributed by atoms with Gasteiger partial charge >= 0.3 is 0 Å². The maximum Gasteiger partial charge on any atom is -0.0321 e. The third-order valence-corrected chi connectivity index (χ3v) is 2.16. The molecule has 0 N–H and O–H groups in total. The molecule has 0 aliphatic carbocycles. The molecule has 0 saturated carbocycles. The van der Waals surface area contributed by atoms with Gasteiger partial charge in [-0.05, 0) is 33.1 Å². The average Bonchev–Trinajstić information content (AvgIpc) is 1.98. The fourth-order valence-corrected chi connectivity index (χ4v) is 0.957. The Morgan fingerprint density at radius 3 is 2.00 bits per heavy atom. The third kappa shape index (κ3) is 3.71. The van der Waals surface area contributed by atoms with Crippen LogP contribution < -0.4 is 0 Å². The molecule has 0 aromatic carbocycles. The summed E-state index contributed by atoms with van der Waals surface area (Å²) in [6.45, 7) is 8.97. The van der Waals surface area contributed by atoms with Crippen molar-refractivity contribution < 1.29 is 0 Å². The van der Waals surface area contributed by atoms with Gasteiger partial charge in [0.05, 0.1) is 0 Å². The van der Waals surface area contributed by atoms with Crippen molar-refractivity contribution in [2.75, 3.05) is 0 Å². The first-order valence-electron chi connectivity index (χ1n) is 4.37. The molecular weight excluding hydrogens is 120 g/mol. The van der Waals surface area contributed by atoms with Crippen LogP contribution in [0.4, 0.5) is 0 Å². The monoisotopic (exact) mass is 140 g/mol. The first-order chi connectivity index (χ1) is 4.72. The van der Waals surface area contributed by atoms with Gasteiger partial charge in [-0.25, -0.2) is 0 Å². The number of allylic oxidation sites excluding steroid dienone is 2. The highest BCUT2D eigenvalue weighted by molar-refractivity contribution is 5.08. The lowest BCUT2D eigenvalue weighted by atomic mass is 10.0. The van der Waals surface area contributed by atoms with E-state index in [-0.39, 0.29) is 0 Å². The minimum atomic E-state index is 1.22. The van der Waals surface area contributed by atoms with E-state index in [2.05, 4.69) is 27.7 Å². The summed E-state index contributed by atoms with van der Waals surface area (Å²) in [5, 5.41) is 0. The summed E-state index contributed by atoms with van der Waals surface area (Å²) >= 11 is 0. The second-order valence-electron chi connectivity index (χ2n) is 3.02. The predicted molar refractivity (Wildman–Crippen MR) is 48.2 cm³/mol. The van der Waals surface area contributed by atoms with Crippen LogP contribution in [-0.4, -0.2) is 0 Å². The lowest BCUT2D eigenvalue weighted by molar-refractivity contribution is 0.775. The molecule has 0 unspecified atom stereocenters. The van der Waals surface area contributed by atoms with Crippen LogP contribution in [0.3, 0.4) is 0 Å². The number of hydrogen-bond acceptors (Lipinski definition) is 0. The molecule has 0 nitrogen and oxygen atoms in total. The van der Waals surface area contributed by atoms with Gasteiger partial charge in [0, 0.05) is 0 Å². The molecule has 0 aromatic rings. The van der Waals surface area contributed by atoms with Crippen molar-refractivity contribution in [1.29, 1.82) is 0 Å². The highest BCUT2D eigenvalue weighted by Gasteiger charge is 1.92. The fourth-order valence-electron chi connectivity index (χ4n) is 0.957. The molecule has 0 bridgehead atoms. The molecule has 60 valence electrons. The molecular formula is C10H20. The molecule has 0 fully saturated rings. The Morgan fingerprint density at radius 1 is 1.00 bits per heavy atom. The summed E-state index contributed by atoms with van der Waals surface area (Å²) in [5.74, 6) is 0. The van der Waals surface area contributed by atoms with Crippen molar-refractivity contribution in [3.63, 3.8) is 0 Å². The van der Waals surface area contributed by atoms with Crippen LogP contribution >= 0.6 is 0 Å². The molecule has 10 heavy (non-hydrogen) atoms. The van der Waals surface area contributed by atoms with E-state index in [0.29, 0.717) is 0 Å². The molecule has 0 heteroatoms. The lowest BCUT2D eigenvalue weighted by Gasteiger charge is -2.03. The van der Waals surface area contributed by atoms with Crippen molar-refractivity contribution >= 4 is 0 Å². The molecule has 0 rings (SSSR count). The van der Waals surface area contributed by atoms with Crippen LogP contribution in [0.2, 0.25) is 0 Å². The molecule has 0 atom stereocenters. The SMILES string of the molecule is CCCC/C(C)=C(/C)CC. The Labute approximate surface area is 65.3 Å². The van der Waals surface area contributed by atoms with E-state index >= 15 is 0 Å². The predicted octanol–water partition coefficient (Wildman–Crippen LogP) is 3.92. The summed E-state index contributed by atoms with van der Waals surface area (Å²) < 4.78 is 0. The van der Waals surface area contributed by atoms with Crippen LogP contribution in [0.1, 0.15) is 53.4 Å².